The summed E-state index contributed by atoms with van der Waals surface area (Å²) in [4.78, 5) is 19.8. The third-order valence-electron chi connectivity index (χ3n) is 2.55. The molecule has 1 amide bonds. The van der Waals surface area contributed by atoms with Crippen molar-refractivity contribution in [2.24, 2.45) is 0 Å². The molecule has 3 rings (SSSR count). The predicted molar refractivity (Wildman–Crippen MR) is 73.4 cm³/mol. The number of rotatable bonds is 2. The topological polar surface area (TPSA) is 75.1 Å². The highest BCUT2D eigenvalue weighted by molar-refractivity contribution is 7.22. The number of thiazole rings is 1. The van der Waals surface area contributed by atoms with Crippen LogP contribution in [0.5, 0.6) is 5.75 Å². The van der Waals surface area contributed by atoms with Crippen molar-refractivity contribution in [3.8, 4) is 5.75 Å². The molecule has 7 heteroatoms. The highest BCUT2D eigenvalue weighted by atomic mass is 32.1. The van der Waals surface area contributed by atoms with Gasteiger partial charge in [0, 0.05) is 0 Å². The molecular weight excluding hydrogens is 281 g/mol. The van der Waals surface area contributed by atoms with Crippen LogP contribution in [0.15, 0.2) is 36.5 Å². The number of pyridine rings is 1. The van der Waals surface area contributed by atoms with E-state index in [0.29, 0.717) is 10.6 Å². The van der Waals surface area contributed by atoms with Gasteiger partial charge >= 0.3 is 0 Å². The van der Waals surface area contributed by atoms with E-state index in [1.165, 1.54) is 23.5 Å². The van der Waals surface area contributed by atoms with Gasteiger partial charge in [-0.3, -0.25) is 10.1 Å². The maximum Gasteiger partial charge on any atom is 0.276 e. The number of carbonyl (C=O) groups excluding carboxylic acids is 1. The van der Waals surface area contributed by atoms with E-state index >= 15 is 0 Å². The Balaban J connectivity index is 1.85. The molecule has 0 saturated carbocycles. The van der Waals surface area contributed by atoms with Gasteiger partial charge in [0.2, 0.25) is 0 Å². The summed E-state index contributed by atoms with van der Waals surface area (Å²) in [6.07, 6.45) is 0.977. The third-order valence-corrected chi connectivity index (χ3v) is 3.49. The van der Waals surface area contributed by atoms with Gasteiger partial charge < -0.3 is 5.11 Å². The van der Waals surface area contributed by atoms with Gasteiger partial charge in [-0.15, -0.1) is 0 Å². The van der Waals surface area contributed by atoms with E-state index in [9.17, 15) is 14.3 Å². The number of hydrogen-bond donors (Lipinski definition) is 2. The van der Waals surface area contributed by atoms with Crippen LogP contribution in [-0.4, -0.2) is 21.0 Å². The molecule has 2 aromatic heterocycles. The van der Waals surface area contributed by atoms with E-state index in [0.717, 1.165) is 17.0 Å². The Morgan fingerprint density at radius 1 is 1.30 bits per heavy atom. The fraction of sp³-hybridized carbons (Fsp3) is 0. The van der Waals surface area contributed by atoms with E-state index in [-0.39, 0.29) is 11.4 Å². The number of amides is 1. The summed E-state index contributed by atoms with van der Waals surface area (Å²) in [5, 5.41) is 12.4. The van der Waals surface area contributed by atoms with Gasteiger partial charge in [-0.1, -0.05) is 11.3 Å². The van der Waals surface area contributed by atoms with Crippen LogP contribution in [0.3, 0.4) is 0 Å². The first-order valence-electron chi connectivity index (χ1n) is 5.64. The molecule has 20 heavy (non-hydrogen) atoms. The van der Waals surface area contributed by atoms with Gasteiger partial charge in [-0.2, -0.15) is 0 Å². The lowest BCUT2D eigenvalue weighted by molar-refractivity contribution is 0.102. The number of halogens is 1. The van der Waals surface area contributed by atoms with Crippen LogP contribution >= 0.6 is 11.3 Å². The highest BCUT2D eigenvalue weighted by Gasteiger charge is 2.11. The second-order valence-electron chi connectivity index (χ2n) is 3.99. The van der Waals surface area contributed by atoms with Crippen LogP contribution < -0.4 is 5.32 Å². The van der Waals surface area contributed by atoms with Crippen molar-refractivity contribution in [2.45, 2.75) is 0 Å². The van der Waals surface area contributed by atoms with Crippen LogP contribution in [0, 0.1) is 5.82 Å². The van der Waals surface area contributed by atoms with Crippen molar-refractivity contribution in [3.05, 3.63) is 48.0 Å². The van der Waals surface area contributed by atoms with Crippen LogP contribution in [0.2, 0.25) is 0 Å². The zero-order valence-corrected chi connectivity index (χ0v) is 10.8. The van der Waals surface area contributed by atoms with Gasteiger partial charge in [-0.25, -0.2) is 14.4 Å². The molecule has 0 aliphatic carbocycles. The van der Waals surface area contributed by atoms with Crippen LogP contribution in [0.25, 0.3) is 10.2 Å². The summed E-state index contributed by atoms with van der Waals surface area (Å²) < 4.78 is 13.5. The lowest BCUT2D eigenvalue weighted by atomic mass is 10.3. The van der Waals surface area contributed by atoms with Crippen LogP contribution in [0.4, 0.5) is 9.52 Å². The molecule has 0 unspecified atom stereocenters. The second-order valence-corrected chi connectivity index (χ2v) is 5.02. The van der Waals surface area contributed by atoms with Crippen molar-refractivity contribution in [3.63, 3.8) is 0 Å². The first-order valence-corrected chi connectivity index (χ1v) is 6.46. The zero-order chi connectivity index (χ0) is 14.1. The molecule has 3 aromatic rings. The van der Waals surface area contributed by atoms with E-state index in [1.807, 2.05) is 0 Å². The summed E-state index contributed by atoms with van der Waals surface area (Å²) in [6.45, 7) is 0. The number of nitrogens with one attached hydrogen (secondary N) is 1. The lowest BCUT2D eigenvalue weighted by Gasteiger charge is -1.99. The lowest BCUT2D eigenvalue weighted by Crippen LogP contribution is -2.13. The number of carbonyl (C=O) groups is 1. The molecule has 1 aromatic carbocycles. The molecule has 0 aliphatic heterocycles. The number of anilines is 1. The van der Waals surface area contributed by atoms with Crippen molar-refractivity contribution in [2.75, 3.05) is 5.32 Å². The van der Waals surface area contributed by atoms with Gasteiger partial charge in [0.25, 0.3) is 5.91 Å². The number of benzene rings is 1. The molecule has 0 radical (unpaired) electrons. The second kappa shape index (κ2) is 4.86. The van der Waals surface area contributed by atoms with Crippen molar-refractivity contribution in [1.29, 1.82) is 0 Å². The Kier molecular flexibility index (Phi) is 3.03. The molecule has 0 bridgehead atoms. The quantitative estimate of drug-likeness (QED) is 0.760. The summed E-state index contributed by atoms with van der Waals surface area (Å²) >= 11 is 1.23. The average Bonchev–Trinajstić information content (AvgIpc) is 2.80. The van der Waals surface area contributed by atoms with Crippen LogP contribution in [0.1, 0.15) is 10.5 Å². The molecular formula is C13H8FN3O2S. The number of aromatic hydroxyl groups is 1. The zero-order valence-electron chi connectivity index (χ0n) is 10.0. The smallest absolute Gasteiger partial charge is 0.276 e. The van der Waals surface area contributed by atoms with Crippen molar-refractivity contribution >= 4 is 32.6 Å². The first-order chi connectivity index (χ1) is 9.61. The Labute approximate surface area is 116 Å². The average molecular weight is 289 g/mol. The monoisotopic (exact) mass is 289 g/mol. The largest absolute Gasteiger partial charge is 0.508 e. The number of fused-ring (bicyclic) bond motifs is 1. The minimum Gasteiger partial charge on any atom is -0.508 e. The molecule has 0 atom stereocenters. The maximum absolute atomic E-state index is 12.7. The van der Waals surface area contributed by atoms with E-state index < -0.39 is 11.7 Å². The predicted octanol–water partition coefficient (Wildman–Crippen LogP) is 2.79. The molecule has 5 nitrogen and oxygen atoms in total. The van der Waals surface area contributed by atoms with Gasteiger partial charge in [0.15, 0.2) is 5.13 Å². The number of hydrogen-bond acceptors (Lipinski definition) is 5. The third kappa shape index (κ3) is 2.43. The molecule has 2 N–H and O–H groups in total. The summed E-state index contributed by atoms with van der Waals surface area (Å²) in [6, 6.07) is 7.21. The fourth-order valence-corrected chi connectivity index (χ4v) is 2.53. The maximum atomic E-state index is 12.7. The minimum absolute atomic E-state index is 0.105. The van der Waals surface area contributed by atoms with Gasteiger partial charge in [0.05, 0.1) is 16.4 Å². The van der Waals surface area contributed by atoms with Crippen molar-refractivity contribution < 1.29 is 14.3 Å². The van der Waals surface area contributed by atoms with Crippen molar-refractivity contribution in [1.82, 2.24) is 9.97 Å². The Bertz CT molecular complexity index is 786. The minimum atomic E-state index is -0.503. The molecule has 2 heterocycles. The SMILES string of the molecule is O=C(Nc1nc2ccc(O)cc2s1)c1ccc(F)cn1. The number of phenols is 1. The molecule has 0 aliphatic rings. The van der Waals surface area contributed by atoms with E-state index in [1.54, 1.807) is 12.1 Å². The summed E-state index contributed by atoms with van der Waals surface area (Å²) in [7, 11) is 0. The first kappa shape index (κ1) is 12.5. The van der Waals surface area contributed by atoms with Gasteiger partial charge in [-0.05, 0) is 30.3 Å². The normalized spacial score (nSPS) is 10.7. The van der Waals surface area contributed by atoms with Gasteiger partial charge in [0.1, 0.15) is 17.3 Å². The number of aromatic nitrogens is 2. The molecule has 0 saturated heterocycles. The Morgan fingerprint density at radius 2 is 2.15 bits per heavy atom. The van der Waals surface area contributed by atoms with E-state index in [4.69, 9.17) is 0 Å². The molecule has 0 fully saturated rings. The standard InChI is InChI=1S/C13H8FN3O2S/c14-7-1-3-10(15-6-7)12(19)17-13-16-9-4-2-8(18)5-11(9)20-13/h1-6,18H,(H,16,17,19). The Morgan fingerprint density at radius 3 is 2.90 bits per heavy atom. The van der Waals surface area contributed by atoms with Crippen LogP contribution in [-0.2, 0) is 0 Å². The summed E-state index contributed by atoms with van der Waals surface area (Å²) in [5.74, 6) is -0.829. The molecule has 100 valence electrons. The molecule has 0 spiro atoms. The summed E-state index contributed by atoms with van der Waals surface area (Å²) in [5.41, 5.74) is 0.781. The highest BCUT2D eigenvalue weighted by Crippen LogP contribution is 2.28. The number of phenolic OH excluding ortho intramolecular Hbond substituents is 1. The Hall–Kier alpha value is -2.54. The fourth-order valence-electron chi connectivity index (χ4n) is 1.64. The van der Waals surface area contributed by atoms with E-state index in [2.05, 4.69) is 15.3 Å². The number of nitrogens with zero attached hydrogens (tertiary/aromatic N) is 2.